The van der Waals surface area contributed by atoms with Gasteiger partial charge in [0, 0.05) is 6.04 Å². The van der Waals surface area contributed by atoms with Crippen molar-refractivity contribution in [2.45, 2.75) is 78.2 Å². The van der Waals surface area contributed by atoms with Crippen LogP contribution in [0.2, 0.25) is 0 Å². The molecule has 0 bridgehead atoms. The summed E-state index contributed by atoms with van der Waals surface area (Å²) in [4.78, 5) is 0. The molecule has 0 amide bonds. The third-order valence-electron chi connectivity index (χ3n) is 4.06. The van der Waals surface area contributed by atoms with E-state index in [0.29, 0.717) is 0 Å². The molecule has 0 aromatic rings. The molecule has 0 radical (unpaired) electrons. The van der Waals surface area contributed by atoms with Crippen molar-refractivity contribution in [1.29, 1.82) is 0 Å². The zero-order valence-corrected chi connectivity index (χ0v) is 11.6. The van der Waals surface area contributed by atoms with Crippen LogP contribution in [0, 0.1) is 11.8 Å². The van der Waals surface area contributed by atoms with Crippen LogP contribution in [-0.2, 0) is 0 Å². The maximum Gasteiger partial charge on any atom is 0.00671 e. The minimum Gasteiger partial charge on any atom is -0.314 e. The SMILES string of the molecule is CCC1CCCC(NCCCC(C)C)CC1. The predicted molar refractivity (Wildman–Crippen MR) is 72.7 cm³/mol. The normalized spacial score (nSPS) is 27.0. The monoisotopic (exact) mass is 225 g/mol. The average molecular weight is 225 g/mol. The Kier molecular flexibility index (Phi) is 7.11. The Labute approximate surface area is 102 Å². The third-order valence-corrected chi connectivity index (χ3v) is 4.06. The molecular formula is C15H31N. The Bertz CT molecular complexity index is 165. The predicted octanol–water partition coefficient (Wildman–Crippen LogP) is 4.37. The average Bonchev–Trinajstić information content (AvgIpc) is 2.49. The quantitative estimate of drug-likeness (QED) is 0.523. The van der Waals surface area contributed by atoms with Gasteiger partial charge in [-0.05, 0) is 50.5 Å². The van der Waals surface area contributed by atoms with Crippen LogP contribution >= 0.6 is 0 Å². The standard InChI is InChI=1S/C15H31N/c1-4-14-8-5-9-15(11-10-14)16-12-6-7-13(2)3/h13-16H,4-12H2,1-3H3. The highest BCUT2D eigenvalue weighted by molar-refractivity contribution is 4.74. The van der Waals surface area contributed by atoms with E-state index < -0.39 is 0 Å². The highest BCUT2D eigenvalue weighted by Gasteiger charge is 2.16. The highest BCUT2D eigenvalue weighted by atomic mass is 14.9. The van der Waals surface area contributed by atoms with Crippen LogP contribution in [0.1, 0.15) is 72.1 Å². The molecule has 96 valence electrons. The molecule has 0 saturated heterocycles. The lowest BCUT2D eigenvalue weighted by Crippen LogP contribution is -2.29. The van der Waals surface area contributed by atoms with Crippen LogP contribution in [0.25, 0.3) is 0 Å². The summed E-state index contributed by atoms with van der Waals surface area (Å²) in [7, 11) is 0. The molecule has 1 heteroatoms. The molecule has 0 spiro atoms. The van der Waals surface area contributed by atoms with Gasteiger partial charge in [0.25, 0.3) is 0 Å². The lowest BCUT2D eigenvalue weighted by Gasteiger charge is -2.17. The molecule has 1 aliphatic rings. The van der Waals surface area contributed by atoms with Gasteiger partial charge in [0.05, 0.1) is 0 Å². The zero-order chi connectivity index (χ0) is 11.8. The van der Waals surface area contributed by atoms with Crippen LogP contribution in [0.15, 0.2) is 0 Å². The molecule has 0 heterocycles. The summed E-state index contributed by atoms with van der Waals surface area (Å²) < 4.78 is 0. The van der Waals surface area contributed by atoms with Crippen LogP contribution < -0.4 is 5.32 Å². The van der Waals surface area contributed by atoms with Crippen molar-refractivity contribution in [2.24, 2.45) is 11.8 Å². The van der Waals surface area contributed by atoms with Crippen molar-refractivity contribution in [2.75, 3.05) is 6.54 Å². The van der Waals surface area contributed by atoms with E-state index in [1.807, 2.05) is 0 Å². The lowest BCUT2D eigenvalue weighted by atomic mass is 9.98. The summed E-state index contributed by atoms with van der Waals surface area (Å²) in [6, 6.07) is 0.823. The van der Waals surface area contributed by atoms with Crippen molar-refractivity contribution >= 4 is 0 Å². The Morgan fingerprint density at radius 1 is 1.12 bits per heavy atom. The van der Waals surface area contributed by atoms with Gasteiger partial charge in [0.1, 0.15) is 0 Å². The first-order chi connectivity index (χ1) is 7.72. The first-order valence-corrected chi connectivity index (χ1v) is 7.45. The summed E-state index contributed by atoms with van der Waals surface area (Å²) in [6.07, 6.45) is 11.3. The number of hydrogen-bond acceptors (Lipinski definition) is 1. The molecule has 0 aromatic carbocycles. The van der Waals surface area contributed by atoms with Crippen molar-refractivity contribution in [3.8, 4) is 0 Å². The first-order valence-electron chi connectivity index (χ1n) is 7.45. The van der Waals surface area contributed by atoms with E-state index in [9.17, 15) is 0 Å². The van der Waals surface area contributed by atoms with Crippen molar-refractivity contribution in [1.82, 2.24) is 5.32 Å². The Morgan fingerprint density at radius 2 is 1.94 bits per heavy atom. The van der Waals surface area contributed by atoms with Crippen LogP contribution in [0.4, 0.5) is 0 Å². The maximum atomic E-state index is 3.76. The second-order valence-electron chi connectivity index (χ2n) is 5.97. The van der Waals surface area contributed by atoms with E-state index >= 15 is 0 Å². The van der Waals surface area contributed by atoms with E-state index in [1.165, 1.54) is 57.9 Å². The number of hydrogen-bond donors (Lipinski definition) is 1. The lowest BCUT2D eigenvalue weighted by molar-refractivity contribution is 0.417. The molecule has 1 aliphatic carbocycles. The fourth-order valence-corrected chi connectivity index (χ4v) is 2.81. The molecule has 1 rings (SSSR count). The topological polar surface area (TPSA) is 12.0 Å². The second kappa shape index (κ2) is 8.11. The minimum atomic E-state index is 0.823. The molecule has 16 heavy (non-hydrogen) atoms. The van der Waals surface area contributed by atoms with Crippen LogP contribution in [0.3, 0.4) is 0 Å². The molecule has 1 N–H and O–H groups in total. The van der Waals surface area contributed by atoms with Gasteiger partial charge < -0.3 is 5.32 Å². The van der Waals surface area contributed by atoms with E-state index in [4.69, 9.17) is 0 Å². The van der Waals surface area contributed by atoms with Gasteiger partial charge in [-0.1, -0.05) is 40.0 Å². The summed E-state index contributed by atoms with van der Waals surface area (Å²) in [6.45, 7) is 8.22. The third kappa shape index (κ3) is 5.89. The summed E-state index contributed by atoms with van der Waals surface area (Å²) in [5, 5.41) is 3.76. The minimum absolute atomic E-state index is 0.823. The molecular weight excluding hydrogens is 194 g/mol. The van der Waals surface area contributed by atoms with Gasteiger partial charge >= 0.3 is 0 Å². The maximum absolute atomic E-state index is 3.76. The van der Waals surface area contributed by atoms with Gasteiger partial charge in [-0.25, -0.2) is 0 Å². The largest absolute Gasteiger partial charge is 0.314 e. The van der Waals surface area contributed by atoms with E-state index in [1.54, 1.807) is 0 Å². The number of nitrogens with one attached hydrogen (secondary N) is 1. The van der Waals surface area contributed by atoms with Crippen molar-refractivity contribution < 1.29 is 0 Å². The fourth-order valence-electron chi connectivity index (χ4n) is 2.81. The van der Waals surface area contributed by atoms with E-state index in [-0.39, 0.29) is 0 Å². The molecule has 2 unspecified atom stereocenters. The first kappa shape index (κ1) is 14.0. The van der Waals surface area contributed by atoms with Crippen molar-refractivity contribution in [3.63, 3.8) is 0 Å². The van der Waals surface area contributed by atoms with Crippen molar-refractivity contribution in [3.05, 3.63) is 0 Å². The molecule has 1 nitrogen and oxygen atoms in total. The fraction of sp³-hybridized carbons (Fsp3) is 1.00. The van der Waals surface area contributed by atoms with E-state index in [2.05, 4.69) is 26.1 Å². The Hall–Kier alpha value is -0.0400. The second-order valence-corrected chi connectivity index (χ2v) is 5.97. The van der Waals surface area contributed by atoms with Gasteiger partial charge in [0.2, 0.25) is 0 Å². The molecule has 0 aliphatic heterocycles. The number of rotatable bonds is 6. The van der Waals surface area contributed by atoms with Crippen LogP contribution in [0.5, 0.6) is 0 Å². The Balaban J connectivity index is 2.08. The van der Waals surface area contributed by atoms with Gasteiger partial charge in [-0.2, -0.15) is 0 Å². The molecule has 1 saturated carbocycles. The summed E-state index contributed by atoms with van der Waals surface area (Å²) >= 11 is 0. The van der Waals surface area contributed by atoms with Crippen LogP contribution in [-0.4, -0.2) is 12.6 Å². The zero-order valence-electron chi connectivity index (χ0n) is 11.6. The molecule has 1 fully saturated rings. The highest BCUT2D eigenvalue weighted by Crippen LogP contribution is 2.25. The molecule has 2 atom stereocenters. The van der Waals surface area contributed by atoms with Gasteiger partial charge in [-0.15, -0.1) is 0 Å². The summed E-state index contributed by atoms with van der Waals surface area (Å²) in [5.74, 6) is 1.88. The van der Waals surface area contributed by atoms with Gasteiger partial charge in [0.15, 0.2) is 0 Å². The Morgan fingerprint density at radius 3 is 2.62 bits per heavy atom. The van der Waals surface area contributed by atoms with Gasteiger partial charge in [-0.3, -0.25) is 0 Å². The van der Waals surface area contributed by atoms with E-state index in [0.717, 1.165) is 17.9 Å². The molecule has 0 aromatic heterocycles. The smallest absolute Gasteiger partial charge is 0.00671 e. The summed E-state index contributed by atoms with van der Waals surface area (Å²) in [5.41, 5.74) is 0.